The van der Waals surface area contributed by atoms with Gasteiger partial charge in [0.1, 0.15) is 0 Å². The number of amides is 1. The van der Waals surface area contributed by atoms with E-state index in [-0.39, 0.29) is 5.91 Å². The number of piperazine rings is 1. The van der Waals surface area contributed by atoms with Crippen molar-refractivity contribution in [1.29, 1.82) is 0 Å². The third kappa shape index (κ3) is 5.23. The molecule has 144 valence electrons. The number of carbonyl (C=O) groups excluding carboxylic acids is 1. The lowest BCUT2D eigenvalue weighted by Crippen LogP contribution is -2.44. The minimum absolute atomic E-state index is 0.0326. The Bertz CT molecular complexity index is 764. The highest BCUT2D eigenvalue weighted by Crippen LogP contribution is 2.20. The van der Waals surface area contributed by atoms with Crippen LogP contribution in [0, 0.1) is 13.8 Å². The van der Waals surface area contributed by atoms with Gasteiger partial charge in [0, 0.05) is 56.2 Å². The van der Waals surface area contributed by atoms with Gasteiger partial charge in [0.05, 0.1) is 0 Å². The van der Waals surface area contributed by atoms with Crippen LogP contribution in [0.25, 0.3) is 0 Å². The van der Waals surface area contributed by atoms with Crippen molar-refractivity contribution in [3.05, 3.63) is 53.6 Å². The van der Waals surface area contributed by atoms with Crippen LogP contribution in [0.1, 0.15) is 17.5 Å². The molecule has 27 heavy (non-hydrogen) atoms. The Labute approximate surface area is 162 Å². The van der Waals surface area contributed by atoms with Gasteiger partial charge < -0.3 is 20.4 Å². The first kappa shape index (κ1) is 19.2. The molecule has 0 spiro atoms. The average molecular weight is 367 g/mol. The number of aryl methyl sites for hydroxylation is 1. The molecule has 2 aromatic rings. The molecule has 3 rings (SSSR count). The first-order chi connectivity index (χ1) is 13.0. The van der Waals surface area contributed by atoms with E-state index in [4.69, 9.17) is 0 Å². The Morgan fingerprint density at radius 3 is 2.41 bits per heavy atom. The molecule has 0 aromatic heterocycles. The van der Waals surface area contributed by atoms with Crippen molar-refractivity contribution in [1.82, 2.24) is 4.90 Å². The summed E-state index contributed by atoms with van der Waals surface area (Å²) in [5.74, 6) is 0.0326. The summed E-state index contributed by atoms with van der Waals surface area (Å²) in [7, 11) is 2.17. The van der Waals surface area contributed by atoms with Crippen molar-refractivity contribution in [3.8, 4) is 0 Å². The second-order valence-electron chi connectivity index (χ2n) is 7.31. The van der Waals surface area contributed by atoms with Crippen molar-refractivity contribution >= 4 is 23.0 Å². The topological polar surface area (TPSA) is 47.6 Å². The van der Waals surface area contributed by atoms with Gasteiger partial charge in [-0.25, -0.2) is 0 Å². The van der Waals surface area contributed by atoms with Gasteiger partial charge in [-0.15, -0.1) is 0 Å². The maximum atomic E-state index is 12.2. The second-order valence-corrected chi connectivity index (χ2v) is 7.31. The number of nitrogens with one attached hydrogen (secondary N) is 2. The van der Waals surface area contributed by atoms with Crippen molar-refractivity contribution in [2.75, 3.05) is 55.3 Å². The van der Waals surface area contributed by atoms with Gasteiger partial charge >= 0.3 is 0 Å². The van der Waals surface area contributed by atoms with Crippen LogP contribution in [0.2, 0.25) is 0 Å². The molecule has 0 radical (unpaired) electrons. The van der Waals surface area contributed by atoms with E-state index < -0.39 is 0 Å². The lowest BCUT2D eigenvalue weighted by molar-refractivity contribution is -0.115. The maximum absolute atomic E-state index is 12.2. The summed E-state index contributed by atoms with van der Waals surface area (Å²) in [6, 6.07) is 14.5. The molecular formula is C22H30N4O. The Balaban J connectivity index is 1.45. The predicted molar refractivity (Wildman–Crippen MR) is 114 cm³/mol. The minimum atomic E-state index is 0.0326. The number of rotatable bonds is 6. The van der Waals surface area contributed by atoms with Crippen LogP contribution in [0.3, 0.4) is 0 Å². The van der Waals surface area contributed by atoms with Gasteiger partial charge in [0.2, 0.25) is 5.91 Å². The van der Waals surface area contributed by atoms with Crippen LogP contribution >= 0.6 is 0 Å². The third-order valence-corrected chi connectivity index (χ3v) is 5.30. The summed E-state index contributed by atoms with van der Waals surface area (Å²) in [5.41, 5.74) is 5.52. The fraction of sp³-hybridized carbons (Fsp3) is 0.409. The van der Waals surface area contributed by atoms with Crippen LogP contribution in [0.4, 0.5) is 17.1 Å². The van der Waals surface area contributed by atoms with E-state index in [0.29, 0.717) is 13.0 Å². The maximum Gasteiger partial charge on any atom is 0.226 e. The molecule has 0 atom stereocenters. The van der Waals surface area contributed by atoms with Gasteiger partial charge in [-0.2, -0.15) is 0 Å². The fourth-order valence-electron chi connectivity index (χ4n) is 3.27. The number of benzene rings is 2. The van der Waals surface area contributed by atoms with Crippen LogP contribution in [-0.4, -0.2) is 50.6 Å². The summed E-state index contributed by atoms with van der Waals surface area (Å²) < 4.78 is 0. The third-order valence-electron chi connectivity index (χ3n) is 5.30. The van der Waals surface area contributed by atoms with Crippen molar-refractivity contribution in [2.24, 2.45) is 0 Å². The molecule has 2 aromatic carbocycles. The molecular weight excluding hydrogens is 336 g/mol. The first-order valence-electron chi connectivity index (χ1n) is 9.66. The molecule has 1 fully saturated rings. The molecule has 0 bridgehead atoms. The van der Waals surface area contributed by atoms with Crippen LogP contribution in [-0.2, 0) is 4.79 Å². The Kier molecular flexibility index (Phi) is 6.35. The standard InChI is InChI=1S/C22H30N4O/c1-17-5-4-6-21(18(17)2)24-22(27)11-12-23-19-7-9-20(10-8-19)26-15-13-25(3)14-16-26/h4-10,23H,11-16H2,1-3H3,(H,24,27). The van der Waals surface area contributed by atoms with E-state index in [2.05, 4.69) is 64.7 Å². The molecule has 1 amide bonds. The summed E-state index contributed by atoms with van der Waals surface area (Å²) in [6.07, 6.45) is 0.438. The van der Waals surface area contributed by atoms with Gasteiger partial charge in [-0.1, -0.05) is 12.1 Å². The zero-order valence-electron chi connectivity index (χ0n) is 16.6. The first-order valence-corrected chi connectivity index (χ1v) is 9.66. The normalized spacial score (nSPS) is 14.9. The highest BCUT2D eigenvalue weighted by Gasteiger charge is 2.14. The molecule has 1 heterocycles. The highest BCUT2D eigenvalue weighted by molar-refractivity contribution is 5.91. The largest absolute Gasteiger partial charge is 0.385 e. The van der Waals surface area contributed by atoms with E-state index in [1.165, 1.54) is 11.3 Å². The lowest BCUT2D eigenvalue weighted by atomic mass is 10.1. The molecule has 1 saturated heterocycles. The highest BCUT2D eigenvalue weighted by atomic mass is 16.1. The molecule has 5 heteroatoms. The smallest absolute Gasteiger partial charge is 0.226 e. The number of nitrogens with zero attached hydrogens (tertiary/aromatic N) is 2. The molecule has 2 N–H and O–H groups in total. The molecule has 5 nitrogen and oxygen atoms in total. The Morgan fingerprint density at radius 1 is 1.00 bits per heavy atom. The number of anilines is 3. The number of carbonyl (C=O) groups is 1. The monoisotopic (exact) mass is 366 g/mol. The minimum Gasteiger partial charge on any atom is -0.385 e. The molecule has 1 aliphatic heterocycles. The average Bonchev–Trinajstić information content (AvgIpc) is 2.67. The Morgan fingerprint density at radius 2 is 1.70 bits per heavy atom. The summed E-state index contributed by atoms with van der Waals surface area (Å²) in [4.78, 5) is 17.0. The SMILES string of the molecule is Cc1cccc(NC(=O)CCNc2ccc(N3CCN(C)CC3)cc2)c1C. The number of likely N-dealkylation sites (N-methyl/N-ethyl adjacent to an activating group) is 1. The fourth-order valence-corrected chi connectivity index (χ4v) is 3.27. The van der Waals surface area contributed by atoms with Crippen LogP contribution in [0.5, 0.6) is 0 Å². The summed E-state index contributed by atoms with van der Waals surface area (Å²) in [6.45, 7) is 9.06. The number of hydrogen-bond donors (Lipinski definition) is 2. The zero-order valence-corrected chi connectivity index (χ0v) is 16.6. The molecule has 0 aliphatic carbocycles. The molecule has 1 aliphatic rings. The van der Waals surface area contributed by atoms with Gasteiger partial charge in [0.25, 0.3) is 0 Å². The van der Waals surface area contributed by atoms with Crippen molar-refractivity contribution < 1.29 is 4.79 Å². The van der Waals surface area contributed by atoms with Crippen molar-refractivity contribution in [2.45, 2.75) is 20.3 Å². The van der Waals surface area contributed by atoms with Crippen molar-refractivity contribution in [3.63, 3.8) is 0 Å². The second kappa shape index (κ2) is 8.91. The van der Waals surface area contributed by atoms with Crippen LogP contribution in [0.15, 0.2) is 42.5 Å². The van der Waals surface area contributed by atoms with E-state index in [9.17, 15) is 4.79 Å². The molecule has 0 unspecified atom stereocenters. The zero-order chi connectivity index (χ0) is 19.2. The Hall–Kier alpha value is -2.53. The van der Waals surface area contributed by atoms with Crippen LogP contribution < -0.4 is 15.5 Å². The quantitative estimate of drug-likeness (QED) is 0.822. The molecule has 0 saturated carbocycles. The number of hydrogen-bond acceptors (Lipinski definition) is 4. The van der Waals surface area contributed by atoms with E-state index in [1.54, 1.807) is 0 Å². The summed E-state index contributed by atoms with van der Waals surface area (Å²) >= 11 is 0. The van der Waals surface area contributed by atoms with E-state index >= 15 is 0 Å². The van der Waals surface area contributed by atoms with Gasteiger partial charge in [-0.05, 0) is 62.4 Å². The van der Waals surface area contributed by atoms with Gasteiger partial charge in [0.15, 0.2) is 0 Å². The summed E-state index contributed by atoms with van der Waals surface area (Å²) in [5, 5.41) is 6.34. The lowest BCUT2D eigenvalue weighted by Gasteiger charge is -2.34. The predicted octanol–water partition coefficient (Wildman–Crippen LogP) is 3.50. The van der Waals surface area contributed by atoms with E-state index in [1.807, 2.05) is 19.1 Å². The van der Waals surface area contributed by atoms with E-state index in [0.717, 1.165) is 43.1 Å². The van der Waals surface area contributed by atoms with Gasteiger partial charge in [-0.3, -0.25) is 4.79 Å².